The lowest BCUT2D eigenvalue weighted by Crippen LogP contribution is -2.16. The highest BCUT2D eigenvalue weighted by atomic mass is 14.1. The molecule has 0 N–H and O–H groups in total. The quantitative estimate of drug-likeness (QED) is 0.715. The van der Waals surface area contributed by atoms with Crippen molar-refractivity contribution in [1.82, 2.24) is 0 Å². The SMILES string of the molecule is C/C=C\c1ccc2c3c(cc/c(=C/C)c13)=CCC2.CC. The molecule has 2 aromatic rings. The fraction of sp³-hybridized carbons (Fsp3) is 0.300. The van der Waals surface area contributed by atoms with E-state index in [9.17, 15) is 0 Å². The predicted molar refractivity (Wildman–Crippen MR) is 92.2 cm³/mol. The number of allylic oxidation sites excluding steroid dienone is 1. The van der Waals surface area contributed by atoms with E-state index in [0.717, 1.165) is 0 Å². The number of aryl methyl sites for hydroxylation is 1. The minimum absolute atomic E-state index is 1.17. The van der Waals surface area contributed by atoms with Gasteiger partial charge in [-0.3, -0.25) is 0 Å². The van der Waals surface area contributed by atoms with Gasteiger partial charge in [0, 0.05) is 0 Å². The van der Waals surface area contributed by atoms with Crippen LogP contribution < -0.4 is 10.4 Å². The van der Waals surface area contributed by atoms with Gasteiger partial charge in [0.1, 0.15) is 0 Å². The Hall–Kier alpha value is -1.82. The molecule has 0 heterocycles. The molecule has 0 spiro atoms. The molecule has 104 valence electrons. The van der Waals surface area contributed by atoms with E-state index in [0.29, 0.717) is 0 Å². The van der Waals surface area contributed by atoms with Gasteiger partial charge in [-0.1, -0.05) is 62.4 Å². The number of hydrogen-bond donors (Lipinski definition) is 0. The Morgan fingerprint density at radius 1 is 0.950 bits per heavy atom. The van der Waals surface area contributed by atoms with Gasteiger partial charge in [0.2, 0.25) is 0 Å². The molecule has 0 saturated carbocycles. The average molecular weight is 264 g/mol. The van der Waals surface area contributed by atoms with Crippen molar-refractivity contribution in [2.24, 2.45) is 0 Å². The Morgan fingerprint density at radius 3 is 2.45 bits per heavy atom. The highest BCUT2D eigenvalue weighted by Crippen LogP contribution is 2.22. The second-order valence-corrected chi connectivity index (χ2v) is 4.84. The highest BCUT2D eigenvalue weighted by molar-refractivity contribution is 5.95. The van der Waals surface area contributed by atoms with Gasteiger partial charge in [0.05, 0.1) is 0 Å². The summed E-state index contributed by atoms with van der Waals surface area (Å²) in [5.74, 6) is 0. The van der Waals surface area contributed by atoms with Crippen molar-refractivity contribution >= 4 is 29.0 Å². The van der Waals surface area contributed by atoms with Gasteiger partial charge < -0.3 is 0 Å². The summed E-state index contributed by atoms with van der Waals surface area (Å²) in [4.78, 5) is 0. The maximum absolute atomic E-state index is 2.37. The zero-order valence-electron chi connectivity index (χ0n) is 13.0. The third-order valence-corrected chi connectivity index (χ3v) is 3.78. The second-order valence-electron chi connectivity index (χ2n) is 4.84. The molecule has 0 heteroatoms. The molecule has 0 atom stereocenters. The van der Waals surface area contributed by atoms with Crippen molar-refractivity contribution in [3.8, 4) is 0 Å². The summed E-state index contributed by atoms with van der Waals surface area (Å²) in [5.41, 5.74) is 2.83. The van der Waals surface area contributed by atoms with Crippen LogP contribution in [0.5, 0.6) is 0 Å². The molecular weight excluding hydrogens is 240 g/mol. The van der Waals surface area contributed by atoms with Crippen molar-refractivity contribution in [3.05, 3.63) is 51.9 Å². The summed E-state index contributed by atoms with van der Waals surface area (Å²) in [6, 6.07) is 9.07. The van der Waals surface area contributed by atoms with E-state index >= 15 is 0 Å². The first-order valence-electron chi connectivity index (χ1n) is 7.69. The molecule has 0 amide bonds. The Morgan fingerprint density at radius 2 is 1.75 bits per heavy atom. The minimum atomic E-state index is 1.17. The fourth-order valence-electron chi connectivity index (χ4n) is 2.97. The smallest absolute Gasteiger partial charge is 0.00336 e. The van der Waals surface area contributed by atoms with Gasteiger partial charge in [-0.05, 0) is 59.0 Å². The van der Waals surface area contributed by atoms with Crippen LogP contribution in [0.2, 0.25) is 0 Å². The zero-order chi connectivity index (χ0) is 14.5. The van der Waals surface area contributed by atoms with E-state index in [2.05, 4.69) is 62.4 Å². The molecule has 0 bridgehead atoms. The van der Waals surface area contributed by atoms with Crippen LogP contribution in [-0.4, -0.2) is 0 Å². The van der Waals surface area contributed by atoms with Crippen LogP contribution in [0.15, 0.2) is 30.3 Å². The van der Waals surface area contributed by atoms with E-state index in [1.54, 1.807) is 0 Å². The maximum Gasteiger partial charge on any atom is -0.00336 e. The molecule has 0 radical (unpaired) electrons. The monoisotopic (exact) mass is 264 g/mol. The first kappa shape index (κ1) is 14.6. The van der Waals surface area contributed by atoms with Crippen LogP contribution in [0.25, 0.3) is 29.0 Å². The summed E-state index contributed by atoms with van der Waals surface area (Å²) < 4.78 is 0. The second kappa shape index (κ2) is 6.56. The highest BCUT2D eigenvalue weighted by Gasteiger charge is 2.09. The van der Waals surface area contributed by atoms with Crippen molar-refractivity contribution in [2.45, 2.75) is 40.5 Å². The number of benzene rings is 2. The summed E-state index contributed by atoms with van der Waals surface area (Å²) >= 11 is 0. The van der Waals surface area contributed by atoms with Crippen molar-refractivity contribution in [2.75, 3.05) is 0 Å². The van der Waals surface area contributed by atoms with E-state index in [4.69, 9.17) is 0 Å². The third-order valence-electron chi connectivity index (χ3n) is 3.78. The van der Waals surface area contributed by atoms with E-state index in [-0.39, 0.29) is 0 Å². The molecular formula is C20H24. The molecule has 3 rings (SSSR count). The molecule has 0 aromatic heterocycles. The Labute approximate surface area is 122 Å². The first-order valence-corrected chi connectivity index (χ1v) is 7.69. The molecule has 0 nitrogen and oxygen atoms in total. The van der Waals surface area contributed by atoms with Crippen molar-refractivity contribution < 1.29 is 0 Å². The van der Waals surface area contributed by atoms with Crippen molar-refractivity contribution in [3.63, 3.8) is 0 Å². The van der Waals surface area contributed by atoms with Gasteiger partial charge in [-0.2, -0.15) is 0 Å². The lowest BCUT2D eigenvalue weighted by atomic mass is 9.90. The predicted octanol–water partition coefficient (Wildman–Crippen LogP) is 4.43. The van der Waals surface area contributed by atoms with E-state index in [1.807, 2.05) is 13.8 Å². The summed E-state index contributed by atoms with van der Waals surface area (Å²) in [7, 11) is 0. The lowest BCUT2D eigenvalue weighted by Gasteiger charge is -2.14. The molecule has 0 unspecified atom stereocenters. The molecule has 1 aliphatic rings. The van der Waals surface area contributed by atoms with Crippen LogP contribution in [0.4, 0.5) is 0 Å². The molecule has 0 aliphatic heterocycles. The standard InChI is InChI=1S/C18H18.C2H6/c1-3-6-14-11-12-16-8-5-7-15-10-9-13(4-2)17(14)18(15)16;1-2/h3-4,6-7,9-12H,5,8H2,1-2H3;1-2H3/b6-3-,13-4-;. The average Bonchev–Trinajstić information content (AvgIpc) is 2.52. The first-order chi connectivity index (χ1) is 9.85. The third kappa shape index (κ3) is 2.43. The normalized spacial score (nSPS) is 14.1. The fourth-order valence-corrected chi connectivity index (χ4v) is 2.97. The van der Waals surface area contributed by atoms with Crippen LogP contribution in [0.3, 0.4) is 0 Å². The van der Waals surface area contributed by atoms with Crippen LogP contribution in [0.1, 0.15) is 45.2 Å². The lowest BCUT2D eigenvalue weighted by molar-refractivity contribution is 1.03. The van der Waals surface area contributed by atoms with Gasteiger partial charge in [-0.15, -0.1) is 0 Å². The van der Waals surface area contributed by atoms with Gasteiger partial charge >= 0.3 is 0 Å². The van der Waals surface area contributed by atoms with Crippen LogP contribution in [-0.2, 0) is 6.42 Å². The number of rotatable bonds is 1. The molecule has 20 heavy (non-hydrogen) atoms. The summed E-state index contributed by atoms with van der Waals surface area (Å²) in [5, 5.41) is 5.64. The maximum atomic E-state index is 2.37. The summed E-state index contributed by atoms with van der Waals surface area (Å²) in [6.07, 6.45) is 11.3. The molecule has 0 fully saturated rings. The molecule has 0 saturated heterocycles. The van der Waals surface area contributed by atoms with E-state index < -0.39 is 0 Å². The molecule has 2 aromatic carbocycles. The Balaban J connectivity index is 0.000000704. The van der Waals surface area contributed by atoms with Crippen LogP contribution in [0, 0.1) is 0 Å². The van der Waals surface area contributed by atoms with Crippen molar-refractivity contribution in [1.29, 1.82) is 0 Å². The minimum Gasteiger partial charge on any atom is -0.0870 e. The van der Waals surface area contributed by atoms with Crippen LogP contribution >= 0.6 is 0 Å². The van der Waals surface area contributed by atoms with Gasteiger partial charge in [0.15, 0.2) is 0 Å². The van der Waals surface area contributed by atoms with Gasteiger partial charge in [-0.25, -0.2) is 0 Å². The van der Waals surface area contributed by atoms with Gasteiger partial charge in [0.25, 0.3) is 0 Å². The largest absolute Gasteiger partial charge is 0.0870 e. The summed E-state index contributed by atoms with van der Waals surface area (Å²) in [6.45, 7) is 8.20. The number of hydrogen-bond acceptors (Lipinski definition) is 0. The van der Waals surface area contributed by atoms with E-state index in [1.165, 1.54) is 45.2 Å². The Bertz CT molecular complexity index is 746. The topological polar surface area (TPSA) is 0 Å². The Kier molecular flexibility index (Phi) is 4.79. The molecule has 1 aliphatic carbocycles. The zero-order valence-corrected chi connectivity index (χ0v) is 13.0.